The van der Waals surface area contributed by atoms with Gasteiger partial charge >= 0.3 is 5.51 Å². The van der Waals surface area contributed by atoms with Crippen LogP contribution in [0.5, 0.6) is 0 Å². The lowest BCUT2D eigenvalue weighted by Crippen LogP contribution is -2.24. The van der Waals surface area contributed by atoms with Crippen molar-refractivity contribution < 1.29 is 21.6 Å². The van der Waals surface area contributed by atoms with Crippen LogP contribution < -0.4 is 5.73 Å². The Labute approximate surface area is 91.0 Å². The molecule has 0 spiro atoms. The van der Waals surface area contributed by atoms with Gasteiger partial charge in [-0.15, -0.1) is 0 Å². The summed E-state index contributed by atoms with van der Waals surface area (Å²) in [7, 11) is -5.37. The van der Waals surface area contributed by atoms with Crippen LogP contribution in [0.2, 0.25) is 0 Å². The monoisotopic (exact) mass is 253 g/mol. The van der Waals surface area contributed by atoms with Crippen molar-refractivity contribution in [2.24, 2.45) is 0 Å². The van der Waals surface area contributed by atoms with Gasteiger partial charge in [-0.1, -0.05) is 0 Å². The van der Waals surface area contributed by atoms with Crippen LogP contribution in [0, 0.1) is 13.8 Å². The number of nitrogens with two attached hydrogens (primary N) is 1. The average molecular weight is 253 g/mol. The third-order valence-electron chi connectivity index (χ3n) is 2.22. The van der Waals surface area contributed by atoms with Gasteiger partial charge in [-0.05, 0) is 37.1 Å². The standard InChI is InChI=1S/C9H10F3NO2S/c1-5-3-7(13)8(4-6(5)2)16(14,15)9(10,11)12/h3-4H,13H2,1-2H3. The molecule has 0 aliphatic rings. The van der Waals surface area contributed by atoms with Crippen molar-refractivity contribution in [1.82, 2.24) is 0 Å². The number of hydrogen-bond acceptors (Lipinski definition) is 3. The molecule has 1 aromatic rings. The Balaban J connectivity index is 3.53. The molecule has 7 heteroatoms. The van der Waals surface area contributed by atoms with Crippen LogP contribution >= 0.6 is 0 Å². The van der Waals surface area contributed by atoms with Gasteiger partial charge in [0, 0.05) is 0 Å². The van der Waals surface area contributed by atoms with E-state index in [4.69, 9.17) is 5.73 Å². The topological polar surface area (TPSA) is 60.2 Å². The van der Waals surface area contributed by atoms with E-state index in [9.17, 15) is 21.6 Å². The van der Waals surface area contributed by atoms with Crippen LogP contribution in [-0.4, -0.2) is 13.9 Å². The second-order valence-electron chi connectivity index (χ2n) is 3.42. The molecule has 0 unspecified atom stereocenters. The summed E-state index contributed by atoms with van der Waals surface area (Å²) in [5.74, 6) is 0. The van der Waals surface area contributed by atoms with E-state index >= 15 is 0 Å². The fourth-order valence-electron chi connectivity index (χ4n) is 1.17. The Hall–Kier alpha value is -1.24. The highest BCUT2D eigenvalue weighted by Gasteiger charge is 2.47. The molecular formula is C9H10F3NO2S. The first-order chi connectivity index (χ1) is 7.07. The Kier molecular flexibility index (Phi) is 2.93. The van der Waals surface area contributed by atoms with E-state index in [1.54, 1.807) is 6.92 Å². The highest BCUT2D eigenvalue weighted by Crippen LogP contribution is 2.34. The van der Waals surface area contributed by atoms with Crippen LogP contribution in [-0.2, 0) is 9.84 Å². The third-order valence-corrected chi connectivity index (χ3v) is 3.76. The quantitative estimate of drug-likeness (QED) is 0.780. The summed E-state index contributed by atoms with van der Waals surface area (Å²) < 4.78 is 59.1. The minimum atomic E-state index is -5.37. The average Bonchev–Trinajstić information content (AvgIpc) is 2.09. The smallest absolute Gasteiger partial charge is 0.398 e. The predicted molar refractivity (Wildman–Crippen MR) is 53.6 cm³/mol. The van der Waals surface area contributed by atoms with E-state index < -0.39 is 20.2 Å². The number of benzene rings is 1. The maximum Gasteiger partial charge on any atom is 0.501 e. The van der Waals surface area contributed by atoms with Gasteiger partial charge in [0.2, 0.25) is 0 Å². The Bertz CT molecular complexity index is 520. The number of nitrogen functional groups attached to an aromatic ring is 1. The van der Waals surface area contributed by atoms with Gasteiger partial charge in [-0.25, -0.2) is 8.42 Å². The summed E-state index contributed by atoms with van der Waals surface area (Å²) in [6, 6.07) is 2.15. The van der Waals surface area contributed by atoms with Crippen molar-refractivity contribution in [2.45, 2.75) is 24.3 Å². The zero-order valence-corrected chi connectivity index (χ0v) is 9.41. The molecule has 0 aliphatic heterocycles. The zero-order chi connectivity index (χ0) is 12.7. The van der Waals surface area contributed by atoms with Crippen molar-refractivity contribution >= 4 is 15.5 Å². The SMILES string of the molecule is Cc1cc(N)c(S(=O)(=O)C(F)(F)F)cc1C. The molecule has 0 bridgehead atoms. The molecule has 0 saturated carbocycles. The van der Waals surface area contributed by atoms with Crippen molar-refractivity contribution in [3.8, 4) is 0 Å². The molecule has 16 heavy (non-hydrogen) atoms. The van der Waals surface area contributed by atoms with E-state index in [1.165, 1.54) is 13.0 Å². The van der Waals surface area contributed by atoms with Gasteiger partial charge in [0.25, 0.3) is 9.84 Å². The summed E-state index contributed by atoms with van der Waals surface area (Å²) in [6.07, 6.45) is 0. The molecule has 0 amide bonds. The molecule has 0 atom stereocenters. The van der Waals surface area contributed by atoms with E-state index in [0.29, 0.717) is 11.1 Å². The Morgan fingerprint density at radius 2 is 1.56 bits per heavy atom. The van der Waals surface area contributed by atoms with Gasteiger partial charge in [-0.3, -0.25) is 0 Å². The lowest BCUT2D eigenvalue weighted by Gasteiger charge is -2.12. The van der Waals surface area contributed by atoms with Gasteiger partial charge in [0.15, 0.2) is 0 Å². The fraction of sp³-hybridized carbons (Fsp3) is 0.333. The predicted octanol–water partition coefficient (Wildman–Crippen LogP) is 2.18. The first-order valence-corrected chi connectivity index (χ1v) is 5.74. The van der Waals surface area contributed by atoms with Gasteiger partial charge < -0.3 is 5.73 Å². The molecule has 90 valence electrons. The summed E-state index contributed by atoms with van der Waals surface area (Å²) in [4.78, 5) is -0.886. The highest BCUT2D eigenvalue weighted by atomic mass is 32.2. The molecule has 1 rings (SSSR count). The maximum absolute atomic E-state index is 12.3. The first-order valence-electron chi connectivity index (χ1n) is 4.25. The van der Waals surface area contributed by atoms with E-state index in [1.807, 2.05) is 0 Å². The normalized spacial score (nSPS) is 12.8. The summed E-state index contributed by atoms with van der Waals surface area (Å²) >= 11 is 0. The van der Waals surface area contributed by atoms with Crippen LogP contribution in [0.15, 0.2) is 17.0 Å². The minimum Gasteiger partial charge on any atom is -0.398 e. The fourth-order valence-corrected chi connectivity index (χ4v) is 2.12. The van der Waals surface area contributed by atoms with E-state index in [2.05, 4.69) is 0 Å². The van der Waals surface area contributed by atoms with Crippen LogP contribution in [0.3, 0.4) is 0 Å². The second kappa shape index (κ2) is 3.65. The molecule has 0 saturated heterocycles. The molecular weight excluding hydrogens is 243 g/mol. The number of sulfone groups is 1. The van der Waals surface area contributed by atoms with Crippen LogP contribution in [0.1, 0.15) is 11.1 Å². The summed E-state index contributed by atoms with van der Waals surface area (Å²) in [5, 5.41) is 0. The van der Waals surface area contributed by atoms with E-state index in [0.717, 1.165) is 6.07 Å². The second-order valence-corrected chi connectivity index (χ2v) is 5.33. The minimum absolute atomic E-state index is 0.388. The molecule has 1 aromatic carbocycles. The van der Waals surface area contributed by atoms with Crippen LogP contribution in [0.25, 0.3) is 0 Å². The Morgan fingerprint density at radius 3 is 2.00 bits per heavy atom. The lowest BCUT2D eigenvalue weighted by molar-refractivity contribution is -0.0435. The summed E-state index contributed by atoms with van der Waals surface area (Å²) in [6.45, 7) is 3.15. The molecule has 2 N–H and O–H groups in total. The number of aryl methyl sites for hydroxylation is 2. The molecule has 0 radical (unpaired) electrons. The van der Waals surface area contributed by atoms with Crippen LogP contribution in [0.4, 0.5) is 18.9 Å². The van der Waals surface area contributed by atoms with Crippen molar-refractivity contribution in [3.05, 3.63) is 23.3 Å². The maximum atomic E-state index is 12.3. The molecule has 0 aliphatic carbocycles. The first kappa shape index (κ1) is 12.8. The number of hydrogen-bond donors (Lipinski definition) is 1. The largest absolute Gasteiger partial charge is 0.501 e. The van der Waals surface area contributed by atoms with Gasteiger partial charge in [-0.2, -0.15) is 13.2 Å². The number of rotatable bonds is 1. The molecule has 3 nitrogen and oxygen atoms in total. The molecule has 0 aromatic heterocycles. The summed E-state index contributed by atoms with van der Waals surface area (Å²) in [5.41, 5.74) is 0.654. The Morgan fingerprint density at radius 1 is 1.12 bits per heavy atom. The number of halogens is 3. The van der Waals surface area contributed by atoms with Gasteiger partial charge in [0.1, 0.15) is 0 Å². The van der Waals surface area contributed by atoms with E-state index in [-0.39, 0.29) is 5.69 Å². The highest BCUT2D eigenvalue weighted by molar-refractivity contribution is 7.92. The number of anilines is 1. The third kappa shape index (κ3) is 1.99. The van der Waals surface area contributed by atoms with Crippen molar-refractivity contribution in [3.63, 3.8) is 0 Å². The zero-order valence-electron chi connectivity index (χ0n) is 8.59. The molecule has 0 heterocycles. The van der Waals surface area contributed by atoms with Crippen molar-refractivity contribution in [1.29, 1.82) is 0 Å². The lowest BCUT2D eigenvalue weighted by atomic mass is 10.1. The van der Waals surface area contributed by atoms with Gasteiger partial charge in [0.05, 0.1) is 10.6 Å². The molecule has 0 fully saturated rings. The van der Waals surface area contributed by atoms with Crippen molar-refractivity contribution in [2.75, 3.05) is 5.73 Å². The number of alkyl halides is 3.